The molecule has 2 heteroatoms. The number of aromatic nitrogens is 1. The average molecular weight is 286 g/mol. The molecule has 1 aromatic heterocycles. The molecule has 0 spiro atoms. The van der Waals surface area contributed by atoms with Crippen molar-refractivity contribution in [2.24, 2.45) is 0 Å². The van der Waals surface area contributed by atoms with Crippen LogP contribution in [0, 0.1) is 0 Å². The van der Waals surface area contributed by atoms with Crippen LogP contribution in [-0.4, -0.2) is 17.2 Å². The molecule has 2 aromatic rings. The molecule has 2 rings (SSSR count). The predicted molar refractivity (Wildman–Crippen MR) is 92.9 cm³/mol. The number of nitrogens with one attached hydrogen (secondary N) is 1. The van der Waals surface area contributed by atoms with E-state index in [-0.39, 0.29) is 0 Å². The number of aryl methyl sites for hydroxylation is 1. The summed E-state index contributed by atoms with van der Waals surface area (Å²) in [6.07, 6.45) is 8.77. The molecule has 1 heterocycles. The van der Waals surface area contributed by atoms with Gasteiger partial charge in [-0.05, 0) is 31.0 Å². The summed E-state index contributed by atoms with van der Waals surface area (Å²) < 4.78 is 2.45. The maximum atomic E-state index is 3.52. The van der Waals surface area contributed by atoms with Crippen LogP contribution in [0.2, 0.25) is 0 Å². The first kappa shape index (κ1) is 16.1. The van der Waals surface area contributed by atoms with Crippen molar-refractivity contribution in [1.29, 1.82) is 0 Å². The van der Waals surface area contributed by atoms with Crippen molar-refractivity contribution in [2.45, 2.75) is 65.5 Å². The van der Waals surface area contributed by atoms with Crippen LogP contribution in [0.5, 0.6) is 0 Å². The Kier molecular flexibility index (Phi) is 6.31. The molecule has 0 saturated heterocycles. The molecule has 116 valence electrons. The standard InChI is InChI=1S/C19H30N2/c1-4-5-6-9-14-21-15-17(12-13-20-16(2)3)18-10-7-8-11-19(18)21/h7-8,10-11,15-16,20H,4-6,9,12-14H2,1-3H3. The highest BCUT2D eigenvalue weighted by molar-refractivity contribution is 5.84. The van der Waals surface area contributed by atoms with Crippen LogP contribution in [0.3, 0.4) is 0 Å². The first-order valence-electron chi connectivity index (χ1n) is 8.52. The Morgan fingerprint density at radius 2 is 1.90 bits per heavy atom. The van der Waals surface area contributed by atoms with Gasteiger partial charge in [0, 0.05) is 29.7 Å². The van der Waals surface area contributed by atoms with Crippen molar-refractivity contribution in [1.82, 2.24) is 9.88 Å². The van der Waals surface area contributed by atoms with Crippen LogP contribution in [-0.2, 0) is 13.0 Å². The van der Waals surface area contributed by atoms with Gasteiger partial charge in [0.15, 0.2) is 0 Å². The van der Waals surface area contributed by atoms with Gasteiger partial charge >= 0.3 is 0 Å². The Bertz CT molecular complexity index is 539. The highest BCUT2D eigenvalue weighted by Gasteiger charge is 2.07. The second-order valence-electron chi connectivity index (χ2n) is 6.28. The highest BCUT2D eigenvalue weighted by atomic mass is 15.0. The molecule has 0 atom stereocenters. The average Bonchev–Trinajstić information content (AvgIpc) is 2.82. The predicted octanol–water partition coefficient (Wildman–Crippen LogP) is 4.76. The quantitative estimate of drug-likeness (QED) is 0.657. The third kappa shape index (κ3) is 4.60. The Hall–Kier alpha value is -1.28. The largest absolute Gasteiger partial charge is 0.347 e. The molecule has 0 amide bonds. The molecule has 0 aliphatic carbocycles. The minimum Gasteiger partial charge on any atom is -0.347 e. The molecular formula is C19H30N2. The fraction of sp³-hybridized carbons (Fsp3) is 0.579. The first-order valence-corrected chi connectivity index (χ1v) is 8.52. The zero-order valence-electron chi connectivity index (χ0n) is 13.9. The minimum absolute atomic E-state index is 0.562. The van der Waals surface area contributed by atoms with Crippen molar-refractivity contribution >= 4 is 10.9 Å². The normalized spacial score (nSPS) is 11.6. The third-order valence-corrected chi connectivity index (χ3v) is 4.07. The van der Waals surface area contributed by atoms with E-state index in [1.54, 1.807) is 0 Å². The molecule has 1 aromatic carbocycles. The summed E-state index contributed by atoms with van der Waals surface area (Å²) in [5.41, 5.74) is 2.88. The Labute approximate surface area is 129 Å². The molecular weight excluding hydrogens is 256 g/mol. The van der Waals surface area contributed by atoms with Gasteiger partial charge in [-0.2, -0.15) is 0 Å². The van der Waals surface area contributed by atoms with Crippen LogP contribution in [0.1, 0.15) is 52.0 Å². The topological polar surface area (TPSA) is 17.0 Å². The molecule has 1 N–H and O–H groups in total. The van der Waals surface area contributed by atoms with Gasteiger partial charge in [0.2, 0.25) is 0 Å². The van der Waals surface area contributed by atoms with Crippen LogP contribution in [0.15, 0.2) is 30.5 Å². The van der Waals surface area contributed by atoms with E-state index in [1.165, 1.54) is 42.1 Å². The van der Waals surface area contributed by atoms with Gasteiger partial charge in [0.05, 0.1) is 0 Å². The molecule has 0 saturated carbocycles. The number of unbranched alkanes of at least 4 members (excludes halogenated alkanes) is 3. The second-order valence-corrected chi connectivity index (χ2v) is 6.28. The van der Waals surface area contributed by atoms with Crippen LogP contribution in [0.4, 0.5) is 0 Å². The van der Waals surface area contributed by atoms with Gasteiger partial charge in [-0.1, -0.05) is 58.2 Å². The maximum Gasteiger partial charge on any atom is 0.0483 e. The van der Waals surface area contributed by atoms with Crippen molar-refractivity contribution in [3.63, 3.8) is 0 Å². The van der Waals surface area contributed by atoms with Gasteiger partial charge in [0.25, 0.3) is 0 Å². The second kappa shape index (κ2) is 8.23. The lowest BCUT2D eigenvalue weighted by atomic mass is 10.1. The number of fused-ring (bicyclic) bond motifs is 1. The number of hydrogen-bond acceptors (Lipinski definition) is 1. The summed E-state index contributed by atoms with van der Waals surface area (Å²) >= 11 is 0. The Balaban J connectivity index is 2.06. The number of nitrogens with zero attached hydrogens (tertiary/aromatic N) is 1. The molecule has 2 nitrogen and oxygen atoms in total. The van der Waals surface area contributed by atoms with E-state index < -0.39 is 0 Å². The summed E-state index contributed by atoms with van der Waals surface area (Å²) in [7, 11) is 0. The van der Waals surface area contributed by atoms with E-state index in [2.05, 4.69) is 61.1 Å². The molecule has 0 fully saturated rings. The zero-order valence-corrected chi connectivity index (χ0v) is 13.9. The van der Waals surface area contributed by atoms with Gasteiger partial charge < -0.3 is 9.88 Å². The molecule has 0 aliphatic heterocycles. The number of rotatable bonds is 9. The number of hydrogen-bond donors (Lipinski definition) is 1. The van der Waals surface area contributed by atoms with Crippen LogP contribution >= 0.6 is 0 Å². The molecule has 0 bridgehead atoms. The lowest BCUT2D eigenvalue weighted by molar-refractivity contribution is 0.584. The fourth-order valence-corrected chi connectivity index (χ4v) is 2.91. The lowest BCUT2D eigenvalue weighted by Crippen LogP contribution is -2.24. The Morgan fingerprint density at radius 3 is 2.67 bits per heavy atom. The highest BCUT2D eigenvalue weighted by Crippen LogP contribution is 2.22. The summed E-state index contributed by atoms with van der Waals surface area (Å²) in [5.74, 6) is 0. The van der Waals surface area contributed by atoms with Gasteiger partial charge in [0.1, 0.15) is 0 Å². The maximum absolute atomic E-state index is 3.52. The first-order chi connectivity index (χ1) is 10.2. The summed E-state index contributed by atoms with van der Waals surface area (Å²) in [5, 5.41) is 4.95. The smallest absolute Gasteiger partial charge is 0.0483 e. The van der Waals surface area contributed by atoms with Crippen molar-refractivity contribution in [3.05, 3.63) is 36.0 Å². The van der Waals surface area contributed by atoms with Crippen LogP contribution < -0.4 is 5.32 Å². The molecule has 21 heavy (non-hydrogen) atoms. The lowest BCUT2D eigenvalue weighted by Gasteiger charge is -2.06. The van der Waals surface area contributed by atoms with Crippen LogP contribution in [0.25, 0.3) is 10.9 Å². The Morgan fingerprint density at radius 1 is 1.10 bits per heavy atom. The van der Waals surface area contributed by atoms with Gasteiger partial charge in [-0.3, -0.25) is 0 Å². The summed E-state index contributed by atoms with van der Waals surface area (Å²) in [4.78, 5) is 0. The van der Waals surface area contributed by atoms with E-state index in [0.29, 0.717) is 6.04 Å². The minimum atomic E-state index is 0.562. The van der Waals surface area contributed by atoms with E-state index in [1.807, 2.05) is 0 Å². The van der Waals surface area contributed by atoms with Gasteiger partial charge in [-0.15, -0.1) is 0 Å². The molecule has 0 radical (unpaired) electrons. The zero-order chi connectivity index (χ0) is 15.1. The summed E-state index contributed by atoms with van der Waals surface area (Å²) in [6.45, 7) is 8.89. The number of para-hydroxylation sites is 1. The number of benzene rings is 1. The fourth-order valence-electron chi connectivity index (χ4n) is 2.91. The monoisotopic (exact) mass is 286 g/mol. The van der Waals surface area contributed by atoms with Crippen molar-refractivity contribution < 1.29 is 0 Å². The van der Waals surface area contributed by atoms with E-state index >= 15 is 0 Å². The van der Waals surface area contributed by atoms with Crippen molar-refractivity contribution in [2.75, 3.05) is 6.54 Å². The van der Waals surface area contributed by atoms with Crippen molar-refractivity contribution in [3.8, 4) is 0 Å². The van der Waals surface area contributed by atoms with E-state index in [4.69, 9.17) is 0 Å². The van der Waals surface area contributed by atoms with E-state index in [9.17, 15) is 0 Å². The molecule has 0 unspecified atom stereocenters. The van der Waals surface area contributed by atoms with E-state index in [0.717, 1.165) is 19.5 Å². The SMILES string of the molecule is CCCCCCn1cc(CCNC(C)C)c2ccccc21. The third-order valence-electron chi connectivity index (χ3n) is 4.07. The summed E-state index contributed by atoms with van der Waals surface area (Å²) in [6, 6.07) is 9.40. The van der Waals surface area contributed by atoms with Gasteiger partial charge in [-0.25, -0.2) is 0 Å². The molecule has 0 aliphatic rings.